The fourth-order valence-electron chi connectivity index (χ4n) is 0.924. The summed E-state index contributed by atoms with van der Waals surface area (Å²) in [5.74, 6) is 0. The van der Waals surface area contributed by atoms with E-state index < -0.39 is 9.84 Å². The Kier molecular flexibility index (Phi) is 3.65. The standard InChI is InChI=1S/C11H12O2S/c1-14(12,13)11-9-7-5-3-2-4-6-8-10-11/h2-10H,1H3. The Bertz CT molecular complexity index is 424. The maximum atomic E-state index is 11.3. The van der Waals surface area contributed by atoms with Crippen molar-refractivity contribution in [2.24, 2.45) is 0 Å². The Hall–Kier alpha value is -1.35. The van der Waals surface area contributed by atoms with E-state index in [0.717, 1.165) is 0 Å². The van der Waals surface area contributed by atoms with Crippen LogP contribution >= 0.6 is 0 Å². The van der Waals surface area contributed by atoms with Crippen LogP contribution in [-0.2, 0) is 9.84 Å². The molecule has 74 valence electrons. The topological polar surface area (TPSA) is 34.1 Å². The van der Waals surface area contributed by atoms with Crippen LogP contribution in [0.2, 0.25) is 0 Å². The van der Waals surface area contributed by atoms with E-state index in [1.807, 2.05) is 18.2 Å². The van der Waals surface area contributed by atoms with E-state index in [0.29, 0.717) is 4.90 Å². The second kappa shape index (κ2) is 4.77. The van der Waals surface area contributed by atoms with Gasteiger partial charge in [0.15, 0.2) is 9.84 Å². The van der Waals surface area contributed by atoms with Crippen LogP contribution in [0.3, 0.4) is 0 Å². The lowest BCUT2D eigenvalue weighted by Crippen LogP contribution is -1.94. The summed E-state index contributed by atoms with van der Waals surface area (Å²) in [6, 6.07) is 15.7. The molecule has 0 saturated heterocycles. The zero-order valence-electron chi connectivity index (χ0n) is 7.92. The molecule has 0 fully saturated rings. The van der Waals surface area contributed by atoms with Gasteiger partial charge < -0.3 is 0 Å². The summed E-state index contributed by atoms with van der Waals surface area (Å²) in [5.41, 5.74) is 0. The smallest absolute Gasteiger partial charge is 0.175 e. The molecule has 0 aliphatic carbocycles. The van der Waals surface area contributed by atoms with Gasteiger partial charge in [0.2, 0.25) is 0 Å². The lowest BCUT2D eigenvalue weighted by Gasteiger charge is -1.91. The van der Waals surface area contributed by atoms with Crippen molar-refractivity contribution in [1.29, 1.82) is 0 Å². The van der Waals surface area contributed by atoms with Gasteiger partial charge in [-0.2, -0.15) is 0 Å². The second-order valence-electron chi connectivity index (χ2n) is 2.86. The van der Waals surface area contributed by atoms with Crippen molar-refractivity contribution >= 4 is 9.84 Å². The van der Waals surface area contributed by atoms with Crippen molar-refractivity contribution in [3.05, 3.63) is 54.6 Å². The number of hydrogen-bond acceptors (Lipinski definition) is 2. The molecule has 0 aliphatic heterocycles. The molecule has 0 amide bonds. The fraction of sp³-hybridized carbons (Fsp3) is 0.0909. The highest BCUT2D eigenvalue weighted by Gasteiger charge is 2.02. The molecule has 0 bridgehead atoms. The van der Waals surface area contributed by atoms with E-state index in [4.69, 9.17) is 0 Å². The lowest BCUT2D eigenvalue weighted by molar-refractivity contribution is 0.602. The summed E-state index contributed by atoms with van der Waals surface area (Å²) in [4.78, 5) is 0.314. The first-order valence-corrected chi connectivity index (χ1v) is 6.08. The van der Waals surface area contributed by atoms with Crippen LogP contribution in [-0.4, -0.2) is 14.7 Å². The van der Waals surface area contributed by atoms with Gasteiger partial charge in [-0.1, -0.05) is 42.5 Å². The first-order valence-electron chi connectivity index (χ1n) is 4.19. The first kappa shape index (κ1) is 10.7. The highest BCUT2D eigenvalue weighted by Crippen LogP contribution is 2.03. The molecule has 1 aromatic carbocycles. The van der Waals surface area contributed by atoms with Crippen molar-refractivity contribution in [1.82, 2.24) is 0 Å². The summed E-state index contributed by atoms with van der Waals surface area (Å²) >= 11 is 0. The van der Waals surface area contributed by atoms with E-state index in [9.17, 15) is 8.42 Å². The van der Waals surface area contributed by atoms with Crippen LogP contribution in [0.5, 0.6) is 0 Å². The van der Waals surface area contributed by atoms with E-state index in [2.05, 4.69) is 0 Å². The molecule has 1 rings (SSSR count). The third kappa shape index (κ3) is 3.58. The molecule has 0 radical (unpaired) electrons. The van der Waals surface area contributed by atoms with Crippen molar-refractivity contribution in [2.75, 3.05) is 6.26 Å². The zero-order valence-corrected chi connectivity index (χ0v) is 8.74. The van der Waals surface area contributed by atoms with Gasteiger partial charge in [-0.05, 0) is 12.1 Å². The van der Waals surface area contributed by atoms with Crippen molar-refractivity contribution in [3.8, 4) is 0 Å². The van der Waals surface area contributed by atoms with Crippen LogP contribution in [0, 0.1) is 0 Å². The van der Waals surface area contributed by atoms with E-state index in [1.165, 1.54) is 6.26 Å². The number of rotatable bonds is 1. The van der Waals surface area contributed by atoms with E-state index >= 15 is 0 Å². The average Bonchev–Trinajstić information content (AvgIpc) is 2.12. The molecule has 14 heavy (non-hydrogen) atoms. The van der Waals surface area contributed by atoms with Crippen LogP contribution in [0.25, 0.3) is 0 Å². The molecule has 0 unspecified atom stereocenters. The Morgan fingerprint density at radius 1 is 0.786 bits per heavy atom. The third-order valence-electron chi connectivity index (χ3n) is 1.62. The van der Waals surface area contributed by atoms with Crippen molar-refractivity contribution in [2.45, 2.75) is 4.90 Å². The quantitative estimate of drug-likeness (QED) is 0.709. The Morgan fingerprint density at radius 2 is 1.14 bits per heavy atom. The van der Waals surface area contributed by atoms with Crippen LogP contribution in [0.4, 0.5) is 0 Å². The largest absolute Gasteiger partial charge is 0.224 e. The predicted molar refractivity (Wildman–Crippen MR) is 57.2 cm³/mol. The molecule has 0 spiro atoms. The molecule has 0 atom stereocenters. The molecule has 1 aromatic rings. The summed E-state index contributed by atoms with van der Waals surface area (Å²) in [7, 11) is -3.13. The summed E-state index contributed by atoms with van der Waals surface area (Å²) in [6.07, 6.45) is 1.20. The van der Waals surface area contributed by atoms with Gasteiger partial charge in [-0.3, -0.25) is 0 Å². The normalized spacial score (nSPS) is 10.4. The van der Waals surface area contributed by atoms with E-state index in [-0.39, 0.29) is 0 Å². The zero-order chi connectivity index (χ0) is 10.4. The molecule has 0 saturated carbocycles. The highest BCUT2D eigenvalue weighted by atomic mass is 32.2. The SMILES string of the molecule is CS(=O)(=O)c1ccccccccc1. The van der Waals surface area contributed by atoms with Crippen LogP contribution < -0.4 is 0 Å². The van der Waals surface area contributed by atoms with Gasteiger partial charge >= 0.3 is 0 Å². The fourth-order valence-corrected chi connectivity index (χ4v) is 1.58. The first-order chi connectivity index (χ1) is 6.61. The average molecular weight is 208 g/mol. The third-order valence-corrected chi connectivity index (χ3v) is 2.74. The van der Waals surface area contributed by atoms with Crippen molar-refractivity contribution in [3.63, 3.8) is 0 Å². The highest BCUT2D eigenvalue weighted by molar-refractivity contribution is 7.90. The van der Waals surface area contributed by atoms with Gasteiger partial charge in [-0.15, -0.1) is 0 Å². The Balaban J connectivity index is 3.35. The molecule has 3 heteroatoms. The molecule has 0 aliphatic rings. The minimum atomic E-state index is -3.13. The van der Waals surface area contributed by atoms with Crippen molar-refractivity contribution < 1.29 is 8.42 Å². The number of sulfone groups is 1. The van der Waals surface area contributed by atoms with Crippen LogP contribution in [0.1, 0.15) is 0 Å². The summed E-state index contributed by atoms with van der Waals surface area (Å²) in [6.45, 7) is 0. The molecule has 0 N–H and O–H groups in total. The maximum Gasteiger partial charge on any atom is 0.175 e. The Labute approximate surface area is 84.5 Å². The van der Waals surface area contributed by atoms with Gasteiger partial charge in [0.05, 0.1) is 4.90 Å². The molecule has 0 aromatic heterocycles. The molecular weight excluding hydrogens is 196 g/mol. The summed E-state index contributed by atoms with van der Waals surface area (Å²) < 4.78 is 22.5. The van der Waals surface area contributed by atoms with Gasteiger partial charge in [0, 0.05) is 6.26 Å². The van der Waals surface area contributed by atoms with Crippen LogP contribution in [0.15, 0.2) is 59.5 Å². The predicted octanol–water partition coefficient (Wildman–Crippen LogP) is 2.21. The van der Waals surface area contributed by atoms with Gasteiger partial charge in [0.1, 0.15) is 0 Å². The Morgan fingerprint density at radius 3 is 1.50 bits per heavy atom. The monoisotopic (exact) mass is 208 g/mol. The minimum Gasteiger partial charge on any atom is -0.224 e. The van der Waals surface area contributed by atoms with E-state index in [1.54, 1.807) is 36.4 Å². The summed E-state index contributed by atoms with van der Waals surface area (Å²) in [5, 5.41) is 0. The molecular formula is C11H12O2S. The van der Waals surface area contributed by atoms with Gasteiger partial charge in [0.25, 0.3) is 0 Å². The molecule has 0 heterocycles. The second-order valence-corrected chi connectivity index (χ2v) is 4.87. The van der Waals surface area contributed by atoms with Gasteiger partial charge in [-0.25, -0.2) is 8.42 Å². The molecule has 2 nitrogen and oxygen atoms in total. The maximum absolute atomic E-state index is 11.3. The minimum absolute atomic E-state index is 0.314. The number of hydrogen-bond donors (Lipinski definition) is 0. The lowest BCUT2D eigenvalue weighted by atomic mass is 10.4.